The fourth-order valence-corrected chi connectivity index (χ4v) is 5.72. The van der Waals surface area contributed by atoms with Crippen LogP contribution < -0.4 is 4.31 Å². The van der Waals surface area contributed by atoms with Gasteiger partial charge in [0.15, 0.2) is 0 Å². The van der Waals surface area contributed by atoms with Gasteiger partial charge in [-0.1, -0.05) is 59.1 Å². The summed E-state index contributed by atoms with van der Waals surface area (Å²) in [6, 6.07) is 1.65. The summed E-state index contributed by atoms with van der Waals surface area (Å²) < 4.78 is 16.3. The summed E-state index contributed by atoms with van der Waals surface area (Å²) in [7, 11) is 0. The molecular formula is C35H53FN2O3S. The summed E-state index contributed by atoms with van der Waals surface area (Å²) in [5, 5.41) is 15.4. The molecule has 1 aliphatic heterocycles. The molecular weight excluding hydrogens is 547 g/mol. The van der Waals surface area contributed by atoms with Gasteiger partial charge in [-0.2, -0.15) is 0 Å². The molecule has 0 saturated heterocycles. The maximum Gasteiger partial charge on any atom is 0.290 e. The molecule has 0 bridgehead atoms. The normalized spacial score (nSPS) is 14.4. The first-order valence-electron chi connectivity index (χ1n) is 14.6. The minimum Gasteiger partial charge on any atom is -0.483 e. The van der Waals surface area contributed by atoms with Gasteiger partial charge in [0.25, 0.3) is 6.47 Å². The van der Waals surface area contributed by atoms with Crippen LogP contribution in [-0.2, 0) is 17.8 Å². The summed E-state index contributed by atoms with van der Waals surface area (Å²) in [4.78, 5) is 12.9. The Labute approximate surface area is 259 Å². The van der Waals surface area contributed by atoms with Crippen molar-refractivity contribution in [3.8, 4) is 24.1 Å². The maximum absolute atomic E-state index is 13.9. The molecule has 5 nitrogen and oxygen atoms in total. The number of aromatic nitrogens is 1. The number of rotatable bonds is 3. The van der Waals surface area contributed by atoms with Crippen LogP contribution in [0, 0.1) is 37.9 Å². The van der Waals surface area contributed by atoms with Gasteiger partial charge in [0.2, 0.25) is 0 Å². The zero-order valence-electron chi connectivity index (χ0n) is 27.7. The van der Waals surface area contributed by atoms with Gasteiger partial charge in [-0.25, -0.2) is 4.39 Å². The van der Waals surface area contributed by atoms with Crippen molar-refractivity contribution < 1.29 is 19.4 Å². The molecule has 2 aliphatic rings. The lowest BCUT2D eigenvalue weighted by molar-refractivity contribution is -0.122. The Morgan fingerprint density at radius 1 is 1.14 bits per heavy atom. The average molecular weight is 601 g/mol. The minimum atomic E-state index is -0.500. The lowest BCUT2D eigenvalue weighted by Gasteiger charge is -2.36. The smallest absolute Gasteiger partial charge is 0.290 e. The standard InChI is InChI=1S/C25H31FN2S.C4H10O.C3H8.C2H2.CH2O2/c1-7-20-15(2)24-22(16(3)21(20)17-8-10-25(4,5)11-9-17)23-18(14-28(24)29-6)12-19(26)13-27-23;1-4(2,3)5;1-3-2;1-2;2-1-3/h8,12-13H,7,9-11,14H2,1-6H3;5H,1-3H3;3H2,1-2H3;1-2H;1H,(H,2,3). The number of carboxylic acid groups (broad SMARTS) is 1. The van der Waals surface area contributed by atoms with E-state index in [0.29, 0.717) is 12.0 Å². The fraction of sp³-hybridized carbons (Fsp3) is 0.543. The van der Waals surface area contributed by atoms with E-state index in [9.17, 15) is 4.39 Å². The molecule has 234 valence electrons. The molecule has 7 heteroatoms. The summed E-state index contributed by atoms with van der Waals surface area (Å²) in [6.07, 6.45) is 19.7. The Morgan fingerprint density at radius 3 is 2.10 bits per heavy atom. The number of nitrogens with zero attached hydrogens (tertiary/aromatic N) is 2. The molecule has 0 saturated carbocycles. The Hall–Kier alpha value is -2.82. The first kappa shape index (κ1) is 39.2. The number of hydrogen-bond donors (Lipinski definition) is 2. The molecule has 0 amide bonds. The lowest BCUT2D eigenvalue weighted by Crippen LogP contribution is -2.23. The van der Waals surface area contributed by atoms with Crippen LogP contribution in [-0.4, -0.2) is 33.5 Å². The van der Waals surface area contributed by atoms with Crippen molar-refractivity contribution in [1.29, 1.82) is 0 Å². The number of benzene rings is 1. The van der Waals surface area contributed by atoms with E-state index in [1.807, 2.05) is 0 Å². The van der Waals surface area contributed by atoms with Crippen molar-refractivity contribution in [2.24, 2.45) is 5.41 Å². The van der Waals surface area contributed by atoms with Gasteiger partial charge >= 0.3 is 0 Å². The van der Waals surface area contributed by atoms with E-state index in [4.69, 9.17) is 15.0 Å². The van der Waals surface area contributed by atoms with Crippen molar-refractivity contribution in [3.05, 3.63) is 52.0 Å². The van der Waals surface area contributed by atoms with E-state index in [2.05, 4.69) is 82.9 Å². The first-order chi connectivity index (χ1) is 19.6. The molecule has 2 N–H and O–H groups in total. The predicted octanol–water partition coefficient (Wildman–Crippen LogP) is 9.40. The second kappa shape index (κ2) is 18.0. The topological polar surface area (TPSA) is 73.7 Å². The molecule has 1 aromatic heterocycles. The predicted molar refractivity (Wildman–Crippen MR) is 180 cm³/mol. The first-order valence-corrected chi connectivity index (χ1v) is 15.7. The molecule has 42 heavy (non-hydrogen) atoms. The number of hydrogen-bond acceptors (Lipinski definition) is 5. The third kappa shape index (κ3) is 11.1. The van der Waals surface area contributed by atoms with Crippen LogP contribution in [0.2, 0.25) is 0 Å². The van der Waals surface area contributed by atoms with Crippen LogP contribution in [0.4, 0.5) is 10.1 Å². The van der Waals surface area contributed by atoms with Crippen LogP contribution in [0.15, 0.2) is 18.3 Å². The van der Waals surface area contributed by atoms with Crippen molar-refractivity contribution in [3.63, 3.8) is 0 Å². The number of fused-ring (bicyclic) bond motifs is 3. The minimum absolute atomic E-state index is 0.250. The second-order valence-corrected chi connectivity index (χ2v) is 12.9. The van der Waals surface area contributed by atoms with E-state index in [1.165, 1.54) is 58.1 Å². The number of anilines is 1. The van der Waals surface area contributed by atoms with E-state index >= 15 is 0 Å². The Balaban J connectivity index is 0.00000111. The van der Waals surface area contributed by atoms with Gasteiger partial charge in [0.1, 0.15) is 5.82 Å². The van der Waals surface area contributed by atoms with Crippen molar-refractivity contribution in [2.45, 2.75) is 113 Å². The van der Waals surface area contributed by atoms with Gasteiger partial charge < -0.3 is 14.5 Å². The summed E-state index contributed by atoms with van der Waals surface area (Å²) in [6.45, 7) is 21.4. The highest BCUT2D eigenvalue weighted by Gasteiger charge is 2.32. The SMILES string of the molecule is C#C.CC(C)(C)O.CCC.CCc1c(C)c2c(c(C)c1C1=CCC(C)(C)CC1)-c1ncc(F)cc1CN2SC.O=CO. The molecule has 2 heterocycles. The van der Waals surface area contributed by atoms with Crippen LogP contribution in [0.5, 0.6) is 0 Å². The molecule has 0 atom stereocenters. The number of aliphatic hydroxyl groups is 1. The van der Waals surface area contributed by atoms with Crippen LogP contribution in [0.3, 0.4) is 0 Å². The molecule has 4 rings (SSSR count). The van der Waals surface area contributed by atoms with Crippen molar-refractivity contribution in [2.75, 3.05) is 10.6 Å². The molecule has 1 aromatic carbocycles. The highest BCUT2D eigenvalue weighted by Crippen LogP contribution is 2.50. The molecule has 0 spiro atoms. The molecule has 1 aliphatic carbocycles. The fourth-order valence-electron chi connectivity index (χ4n) is 5.05. The van der Waals surface area contributed by atoms with Crippen molar-refractivity contribution in [1.82, 2.24) is 4.98 Å². The van der Waals surface area contributed by atoms with Gasteiger partial charge in [0.05, 0.1) is 29.7 Å². The van der Waals surface area contributed by atoms with E-state index in [-0.39, 0.29) is 12.3 Å². The molecule has 0 unspecified atom stereocenters. The zero-order chi connectivity index (χ0) is 32.8. The van der Waals surface area contributed by atoms with Crippen LogP contribution >= 0.6 is 11.9 Å². The third-order valence-electron chi connectivity index (χ3n) is 6.70. The second-order valence-electron chi connectivity index (χ2n) is 12.1. The zero-order valence-corrected chi connectivity index (χ0v) is 28.5. The third-order valence-corrected chi connectivity index (χ3v) is 7.45. The molecule has 2 aromatic rings. The molecule has 0 fully saturated rings. The van der Waals surface area contributed by atoms with Crippen molar-refractivity contribution >= 4 is 29.7 Å². The van der Waals surface area contributed by atoms with Gasteiger partial charge in [-0.3, -0.25) is 9.78 Å². The number of halogens is 1. The van der Waals surface area contributed by atoms with Gasteiger partial charge in [-0.05, 0) is 99.6 Å². The Bertz CT molecular complexity index is 1210. The van der Waals surface area contributed by atoms with E-state index < -0.39 is 5.60 Å². The van der Waals surface area contributed by atoms with E-state index in [0.717, 1.165) is 30.5 Å². The Kier molecular flexibility index (Phi) is 16.8. The highest BCUT2D eigenvalue weighted by molar-refractivity contribution is 7.99. The van der Waals surface area contributed by atoms with Crippen LogP contribution in [0.25, 0.3) is 16.8 Å². The largest absolute Gasteiger partial charge is 0.483 e. The number of carbonyl (C=O) groups is 1. The number of terminal acetylenes is 1. The van der Waals surface area contributed by atoms with Crippen LogP contribution in [0.1, 0.15) is 109 Å². The molecule has 0 radical (unpaired) electrons. The van der Waals surface area contributed by atoms with Gasteiger partial charge in [0, 0.05) is 17.4 Å². The summed E-state index contributed by atoms with van der Waals surface area (Å²) >= 11 is 1.71. The summed E-state index contributed by atoms with van der Waals surface area (Å²) in [5.41, 5.74) is 11.3. The highest BCUT2D eigenvalue weighted by atomic mass is 32.2. The summed E-state index contributed by atoms with van der Waals surface area (Å²) in [5.74, 6) is -0.259. The monoisotopic (exact) mass is 600 g/mol. The number of allylic oxidation sites excluding steroid dienone is 2. The quantitative estimate of drug-likeness (QED) is 0.208. The number of pyridine rings is 1. The Morgan fingerprint density at radius 2 is 1.67 bits per heavy atom. The average Bonchev–Trinajstić information content (AvgIpc) is 2.91. The van der Waals surface area contributed by atoms with Gasteiger partial charge in [-0.15, -0.1) is 12.8 Å². The lowest BCUT2D eigenvalue weighted by atomic mass is 9.74. The van der Waals surface area contributed by atoms with E-state index in [1.54, 1.807) is 38.8 Å². The maximum atomic E-state index is 13.9.